The highest BCUT2D eigenvalue weighted by atomic mass is 32.2. The number of rotatable bonds is 7. The molecule has 1 unspecified atom stereocenters. The van der Waals surface area contributed by atoms with E-state index in [0.717, 1.165) is 4.90 Å². The highest BCUT2D eigenvalue weighted by Gasteiger charge is 2.20. The standard InChI is InChI=1S/C19H18N4O3S2/c1-2-17(28-15-8-4-6-13(20)10-15)18(24)22-19-21-16(11-27-19)12-5-3-7-14(9-12)23(25)26/h3-11,17H,2,20H2,1H3,(H,21,22,24). The van der Waals surface area contributed by atoms with Gasteiger partial charge in [0, 0.05) is 33.7 Å². The average Bonchev–Trinajstić information content (AvgIpc) is 3.14. The number of nitrogens with one attached hydrogen (secondary N) is 1. The van der Waals surface area contributed by atoms with Crippen LogP contribution in [0.5, 0.6) is 0 Å². The summed E-state index contributed by atoms with van der Waals surface area (Å²) in [6, 6.07) is 13.7. The number of non-ortho nitro benzene ring substituents is 1. The minimum atomic E-state index is -0.446. The molecular weight excluding hydrogens is 396 g/mol. The molecule has 28 heavy (non-hydrogen) atoms. The molecular formula is C19H18N4O3S2. The Morgan fingerprint density at radius 3 is 2.82 bits per heavy atom. The number of thioether (sulfide) groups is 1. The maximum Gasteiger partial charge on any atom is 0.270 e. The van der Waals surface area contributed by atoms with Crippen LogP contribution in [-0.2, 0) is 4.79 Å². The normalized spacial score (nSPS) is 11.8. The lowest BCUT2D eigenvalue weighted by molar-refractivity contribution is -0.384. The van der Waals surface area contributed by atoms with Crippen molar-refractivity contribution in [2.45, 2.75) is 23.5 Å². The Labute approximate surface area is 170 Å². The van der Waals surface area contributed by atoms with Crippen molar-refractivity contribution in [3.8, 4) is 11.3 Å². The van der Waals surface area contributed by atoms with E-state index in [0.29, 0.717) is 28.5 Å². The Hall–Kier alpha value is -2.91. The fraction of sp³-hybridized carbons (Fsp3) is 0.158. The molecule has 0 fully saturated rings. The largest absolute Gasteiger partial charge is 0.399 e. The third-order valence-corrected chi connectivity index (χ3v) is 6.00. The predicted molar refractivity (Wildman–Crippen MR) is 114 cm³/mol. The summed E-state index contributed by atoms with van der Waals surface area (Å²) in [6.45, 7) is 1.94. The summed E-state index contributed by atoms with van der Waals surface area (Å²) < 4.78 is 0. The predicted octanol–water partition coefficient (Wildman–Crippen LogP) is 4.81. The van der Waals surface area contributed by atoms with Crippen molar-refractivity contribution in [1.29, 1.82) is 0 Å². The first-order valence-electron chi connectivity index (χ1n) is 8.49. The number of nitrogen functional groups attached to an aromatic ring is 1. The Bertz CT molecular complexity index is 1010. The molecule has 3 aromatic rings. The summed E-state index contributed by atoms with van der Waals surface area (Å²) in [5.74, 6) is -0.144. The molecule has 1 atom stereocenters. The topological polar surface area (TPSA) is 111 Å². The zero-order valence-corrected chi connectivity index (χ0v) is 16.6. The lowest BCUT2D eigenvalue weighted by atomic mass is 10.1. The Kier molecular flexibility index (Phi) is 6.27. The van der Waals surface area contributed by atoms with Crippen LogP contribution in [0.4, 0.5) is 16.5 Å². The third kappa shape index (κ3) is 4.87. The van der Waals surface area contributed by atoms with Gasteiger partial charge >= 0.3 is 0 Å². The van der Waals surface area contributed by atoms with Gasteiger partial charge in [-0.1, -0.05) is 25.1 Å². The van der Waals surface area contributed by atoms with Gasteiger partial charge in [-0.2, -0.15) is 0 Å². The number of thiazole rings is 1. The van der Waals surface area contributed by atoms with E-state index in [4.69, 9.17) is 5.73 Å². The summed E-state index contributed by atoms with van der Waals surface area (Å²) in [5, 5.41) is 15.7. The first-order chi connectivity index (χ1) is 13.5. The van der Waals surface area contributed by atoms with E-state index in [9.17, 15) is 14.9 Å². The summed E-state index contributed by atoms with van der Waals surface area (Å²) in [6.07, 6.45) is 0.647. The first-order valence-corrected chi connectivity index (χ1v) is 10.3. The van der Waals surface area contributed by atoms with Gasteiger partial charge in [-0.15, -0.1) is 23.1 Å². The van der Waals surface area contributed by atoms with E-state index in [-0.39, 0.29) is 16.8 Å². The molecule has 1 aromatic heterocycles. The maximum atomic E-state index is 12.6. The number of nitro groups is 1. The number of benzene rings is 2. The third-order valence-electron chi connectivity index (χ3n) is 3.89. The zero-order valence-electron chi connectivity index (χ0n) is 15.0. The van der Waals surface area contributed by atoms with Crippen LogP contribution in [0.2, 0.25) is 0 Å². The van der Waals surface area contributed by atoms with Gasteiger partial charge in [-0.3, -0.25) is 14.9 Å². The number of amides is 1. The quantitative estimate of drug-likeness (QED) is 0.248. The Morgan fingerprint density at radius 2 is 2.11 bits per heavy atom. The SMILES string of the molecule is CCC(Sc1cccc(N)c1)C(=O)Nc1nc(-c2cccc([N+](=O)[O-])c2)cs1. The van der Waals surface area contributed by atoms with Crippen molar-refractivity contribution in [3.05, 3.63) is 64.0 Å². The van der Waals surface area contributed by atoms with Gasteiger partial charge in [0.25, 0.3) is 5.69 Å². The number of anilines is 2. The lowest BCUT2D eigenvalue weighted by Crippen LogP contribution is -2.24. The van der Waals surface area contributed by atoms with Gasteiger partial charge in [0.2, 0.25) is 5.91 Å². The van der Waals surface area contributed by atoms with Gasteiger partial charge in [0.15, 0.2) is 5.13 Å². The molecule has 3 rings (SSSR count). The van der Waals surface area contributed by atoms with E-state index in [1.807, 2.05) is 25.1 Å². The molecule has 0 aliphatic carbocycles. The fourth-order valence-corrected chi connectivity index (χ4v) is 4.25. The molecule has 144 valence electrons. The van der Waals surface area contributed by atoms with Gasteiger partial charge in [0.1, 0.15) is 0 Å². The Balaban J connectivity index is 1.70. The molecule has 1 heterocycles. The van der Waals surface area contributed by atoms with Crippen LogP contribution in [0.3, 0.4) is 0 Å². The highest BCUT2D eigenvalue weighted by Crippen LogP contribution is 2.30. The lowest BCUT2D eigenvalue weighted by Gasteiger charge is -2.13. The number of carbonyl (C=O) groups is 1. The number of carbonyl (C=O) groups excluding carboxylic acids is 1. The molecule has 0 radical (unpaired) electrons. The highest BCUT2D eigenvalue weighted by molar-refractivity contribution is 8.00. The second kappa shape index (κ2) is 8.85. The van der Waals surface area contributed by atoms with Crippen molar-refractivity contribution in [1.82, 2.24) is 4.98 Å². The van der Waals surface area contributed by atoms with E-state index in [1.54, 1.807) is 23.6 Å². The summed E-state index contributed by atoms with van der Waals surface area (Å²) in [5.41, 5.74) is 7.67. The van der Waals surface area contributed by atoms with Gasteiger partial charge < -0.3 is 11.1 Å². The fourth-order valence-electron chi connectivity index (χ4n) is 2.50. The second-order valence-corrected chi connectivity index (χ2v) is 8.06. The van der Waals surface area contributed by atoms with Crippen molar-refractivity contribution >= 4 is 45.5 Å². The molecule has 3 N–H and O–H groups in total. The van der Waals surface area contributed by atoms with Crippen LogP contribution in [0.25, 0.3) is 11.3 Å². The van der Waals surface area contributed by atoms with Crippen molar-refractivity contribution < 1.29 is 9.72 Å². The summed E-state index contributed by atoms with van der Waals surface area (Å²) >= 11 is 2.73. The van der Waals surface area contributed by atoms with Gasteiger partial charge in [0.05, 0.1) is 15.9 Å². The molecule has 9 heteroatoms. The van der Waals surface area contributed by atoms with Crippen LogP contribution in [0.1, 0.15) is 13.3 Å². The Morgan fingerprint density at radius 1 is 1.32 bits per heavy atom. The molecule has 7 nitrogen and oxygen atoms in total. The number of hydrogen-bond donors (Lipinski definition) is 2. The van der Waals surface area contributed by atoms with E-state index in [1.165, 1.54) is 35.2 Å². The van der Waals surface area contributed by atoms with Crippen LogP contribution < -0.4 is 11.1 Å². The van der Waals surface area contributed by atoms with Crippen LogP contribution in [0.15, 0.2) is 58.8 Å². The zero-order chi connectivity index (χ0) is 20.1. The maximum absolute atomic E-state index is 12.6. The molecule has 0 saturated heterocycles. The minimum absolute atomic E-state index is 0.000617. The van der Waals surface area contributed by atoms with E-state index >= 15 is 0 Å². The number of aromatic nitrogens is 1. The van der Waals surface area contributed by atoms with Crippen molar-refractivity contribution in [2.24, 2.45) is 0 Å². The molecule has 0 bridgehead atoms. The van der Waals surface area contributed by atoms with Gasteiger partial charge in [-0.05, 0) is 24.6 Å². The molecule has 0 aliphatic rings. The van der Waals surface area contributed by atoms with Crippen LogP contribution in [-0.4, -0.2) is 21.1 Å². The van der Waals surface area contributed by atoms with Gasteiger partial charge in [-0.25, -0.2) is 4.98 Å². The van der Waals surface area contributed by atoms with E-state index < -0.39 is 4.92 Å². The minimum Gasteiger partial charge on any atom is -0.399 e. The molecule has 2 aromatic carbocycles. The number of nitro benzene ring substituents is 1. The van der Waals surface area contributed by atoms with Crippen LogP contribution >= 0.6 is 23.1 Å². The molecule has 0 saturated carbocycles. The first kappa shape index (κ1) is 19.8. The summed E-state index contributed by atoms with van der Waals surface area (Å²) in [7, 11) is 0. The smallest absolute Gasteiger partial charge is 0.270 e. The van der Waals surface area contributed by atoms with Crippen LogP contribution in [0, 0.1) is 10.1 Å². The molecule has 1 amide bonds. The monoisotopic (exact) mass is 414 g/mol. The molecule has 0 spiro atoms. The average molecular weight is 415 g/mol. The van der Waals surface area contributed by atoms with E-state index in [2.05, 4.69) is 10.3 Å². The van der Waals surface area contributed by atoms with Crippen molar-refractivity contribution in [2.75, 3.05) is 11.1 Å². The summed E-state index contributed by atoms with van der Waals surface area (Å²) in [4.78, 5) is 28.4. The second-order valence-electron chi connectivity index (χ2n) is 5.92. The number of hydrogen-bond acceptors (Lipinski definition) is 7. The van der Waals surface area contributed by atoms with Crippen molar-refractivity contribution in [3.63, 3.8) is 0 Å². The molecule has 0 aliphatic heterocycles. The number of nitrogens with two attached hydrogens (primary N) is 1. The number of nitrogens with zero attached hydrogens (tertiary/aromatic N) is 2.